The average Bonchev–Trinajstić information content (AvgIpc) is 3.01. The van der Waals surface area contributed by atoms with E-state index in [1.54, 1.807) is 62.8 Å². The second kappa shape index (κ2) is 14.3. The third-order valence-electron chi connectivity index (χ3n) is 6.39. The predicted molar refractivity (Wildman–Crippen MR) is 168 cm³/mol. The van der Waals surface area contributed by atoms with Gasteiger partial charge in [0.1, 0.15) is 6.54 Å². The molecule has 2 N–H and O–H groups in total. The molecule has 4 aromatic carbocycles. The Kier molecular flexibility index (Phi) is 10.5. The van der Waals surface area contributed by atoms with Gasteiger partial charge in [0.2, 0.25) is 5.91 Å². The van der Waals surface area contributed by atoms with Crippen molar-refractivity contribution in [2.24, 2.45) is 0 Å². The van der Waals surface area contributed by atoms with Gasteiger partial charge in [-0.1, -0.05) is 59.6 Å². The molecule has 43 heavy (non-hydrogen) atoms. The van der Waals surface area contributed by atoms with Crippen molar-refractivity contribution < 1.29 is 27.5 Å². The lowest BCUT2D eigenvalue weighted by Crippen LogP contribution is -2.38. The summed E-state index contributed by atoms with van der Waals surface area (Å²) >= 11 is 12.5. The fourth-order valence-corrected chi connectivity index (χ4v) is 6.15. The number of carbonyl (C=O) groups is 2. The minimum absolute atomic E-state index is 0.0342. The molecule has 0 saturated heterocycles. The quantitative estimate of drug-likeness (QED) is 0.202. The number of halogens is 2. The number of hydrogen-bond acceptors (Lipinski definition) is 6. The van der Waals surface area contributed by atoms with Crippen LogP contribution in [0, 0.1) is 0 Å². The van der Waals surface area contributed by atoms with Crippen LogP contribution in [0.15, 0.2) is 95.9 Å². The number of methoxy groups -OCH3 is 2. The van der Waals surface area contributed by atoms with Gasteiger partial charge in [0.25, 0.3) is 15.9 Å². The summed E-state index contributed by atoms with van der Waals surface area (Å²) in [4.78, 5) is 26.4. The van der Waals surface area contributed by atoms with Crippen molar-refractivity contribution >= 4 is 56.4 Å². The number of ether oxygens (including phenoxy) is 2. The van der Waals surface area contributed by atoms with E-state index in [4.69, 9.17) is 32.7 Å². The lowest BCUT2D eigenvalue weighted by Gasteiger charge is -2.25. The van der Waals surface area contributed by atoms with Crippen LogP contribution in [-0.4, -0.2) is 47.5 Å². The van der Waals surface area contributed by atoms with Crippen LogP contribution < -0.4 is 24.4 Å². The Balaban J connectivity index is 1.51. The first-order chi connectivity index (χ1) is 20.6. The molecule has 0 aliphatic heterocycles. The molecule has 0 radical (unpaired) electrons. The number of nitrogens with one attached hydrogen (secondary N) is 2. The zero-order valence-electron chi connectivity index (χ0n) is 23.3. The van der Waals surface area contributed by atoms with Crippen LogP contribution in [0.2, 0.25) is 10.0 Å². The minimum atomic E-state index is -4.22. The van der Waals surface area contributed by atoms with E-state index in [0.717, 1.165) is 9.87 Å². The lowest BCUT2D eigenvalue weighted by atomic mass is 10.1. The van der Waals surface area contributed by atoms with Crippen LogP contribution in [0.1, 0.15) is 15.9 Å². The van der Waals surface area contributed by atoms with Crippen molar-refractivity contribution in [1.82, 2.24) is 5.32 Å². The zero-order chi connectivity index (χ0) is 31.0. The van der Waals surface area contributed by atoms with Crippen LogP contribution in [0.25, 0.3) is 0 Å². The number of anilines is 2. The maximum absolute atomic E-state index is 13.6. The third-order valence-corrected chi connectivity index (χ3v) is 8.72. The Morgan fingerprint density at radius 3 is 2.26 bits per heavy atom. The normalized spacial score (nSPS) is 11.0. The van der Waals surface area contributed by atoms with Crippen LogP contribution in [0.3, 0.4) is 0 Å². The van der Waals surface area contributed by atoms with Crippen LogP contribution >= 0.6 is 23.2 Å². The van der Waals surface area contributed by atoms with Crippen LogP contribution in [-0.2, 0) is 21.2 Å². The maximum Gasteiger partial charge on any atom is 0.264 e. The lowest BCUT2D eigenvalue weighted by molar-refractivity contribution is -0.114. The molecule has 9 nitrogen and oxygen atoms in total. The summed E-state index contributed by atoms with van der Waals surface area (Å²) in [7, 11) is -1.12. The predicted octanol–water partition coefficient (Wildman–Crippen LogP) is 5.82. The number of rotatable bonds is 12. The fraction of sp³-hybridized carbons (Fsp3) is 0.161. The summed E-state index contributed by atoms with van der Waals surface area (Å²) in [6.07, 6.45) is 0.521. The first kappa shape index (κ1) is 31.7. The van der Waals surface area contributed by atoms with E-state index in [2.05, 4.69) is 10.6 Å². The topological polar surface area (TPSA) is 114 Å². The second-order valence-electron chi connectivity index (χ2n) is 9.21. The van der Waals surface area contributed by atoms with Gasteiger partial charge in [-0.15, -0.1) is 0 Å². The Morgan fingerprint density at radius 2 is 1.53 bits per heavy atom. The molecule has 0 aliphatic rings. The van der Waals surface area contributed by atoms with E-state index in [9.17, 15) is 18.0 Å². The number of nitrogens with zero attached hydrogens (tertiary/aromatic N) is 1. The van der Waals surface area contributed by atoms with Crippen molar-refractivity contribution in [3.63, 3.8) is 0 Å². The molecule has 0 bridgehead atoms. The van der Waals surface area contributed by atoms with E-state index in [0.29, 0.717) is 24.5 Å². The monoisotopic (exact) mass is 641 g/mol. The van der Waals surface area contributed by atoms with Gasteiger partial charge >= 0.3 is 0 Å². The van der Waals surface area contributed by atoms with E-state index in [1.807, 2.05) is 12.1 Å². The number of benzene rings is 4. The molecule has 4 rings (SSSR count). The fourth-order valence-electron chi connectivity index (χ4n) is 4.26. The summed E-state index contributed by atoms with van der Waals surface area (Å²) in [5.41, 5.74) is 1.39. The molecule has 0 heterocycles. The Morgan fingerprint density at radius 1 is 0.837 bits per heavy atom. The van der Waals surface area contributed by atoms with Gasteiger partial charge in [0.15, 0.2) is 11.5 Å². The zero-order valence-corrected chi connectivity index (χ0v) is 25.7. The summed E-state index contributed by atoms with van der Waals surface area (Å²) in [5, 5.41) is 5.85. The highest BCUT2D eigenvalue weighted by atomic mass is 35.5. The van der Waals surface area contributed by atoms with Gasteiger partial charge in [-0.25, -0.2) is 8.42 Å². The van der Waals surface area contributed by atoms with E-state index in [1.165, 1.54) is 30.3 Å². The number of sulfonamides is 1. The molecule has 0 aliphatic carbocycles. The number of amides is 2. The van der Waals surface area contributed by atoms with E-state index >= 15 is 0 Å². The molecule has 0 fully saturated rings. The highest BCUT2D eigenvalue weighted by Crippen LogP contribution is 2.33. The Labute approximate surface area is 260 Å². The smallest absolute Gasteiger partial charge is 0.264 e. The molecule has 2 amide bonds. The molecule has 0 unspecified atom stereocenters. The Hall–Kier alpha value is -4.25. The van der Waals surface area contributed by atoms with E-state index < -0.39 is 28.4 Å². The van der Waals surface area contributed by atoms with Crippen molar-refractivity contribution in [3.05, 3.63) is 112 Å². The van der Waals surface area contributed by atoms with Crippen molar-refractivity contribution in [1.29, 1.82) is 0 Å². The molecule has 224 valence electrons. The molecular weight excluding hydrogens is 613 g/mol. The van der Waals surface area contributed by atoms with Crippen molar-refractivity contribution in [2.45, 2.75) is 11.3 Å². The maximum atomic E-state index is 13.6. The van der Waals surface area contributed by atoms with E-state index in [-0.39, 0.29) is 31.9 Å². The third kappa shape index (κ3) is 7.78. The summed E-state index contributed by atoms with van der Waals surface area (Å²) < 4.78 is 38.8. The largest absolute Gasteiger partial charge is 0.493 e. The molecule has 0 aromatic heterocycles. The molecule has 0 saturated carbocycles. The first-order valence-electron chi connectivity index (χ1n) is 13.0. The second-order valence-corrected chi connectivity index (χ2v) is 11.9. The number of para-hydroxylation sites is 1. The summed E-state index contributed by atoms with van der Waals surface area (Å²) in [6, 6.07) is 23.9. The highest BCUT2D eigenvalue weighted by molar-refractivity contribution is 7.92. The Bertz CT molecular complexity index is 1720. The van der Waals surface area contributed by atoms with Gasteiger partial charge in [-0.3, -0.25) is 13.9 Å². The van der Waals surface area contributed by atoms with Crippen LogP contribution in [0.4, 0.5) is 11.4 Å². The van der Waals surface area contributed by atoms with Gasteiger partial charge < -0.3 is 20.1 Å². The summed E-state index contributed by atoms with van der Waals surface area (Å²) in [6.45, 7) is -0.320. The number of hydrogen-bond donors (Lipinski definition) is 2. The van der Waals surface area contributed by atoms with Gasteiger partial charge in [-0.2, -0.15) is 0 Å². The molecule has 0 spiro atoms. The van der Waals surface area contributed by atoms with Crippen molar-refractivity contribution in [3.8, 4) is 11.5 Å². The van der Waals surface area contributed by atoms with Crippen LogP contribution in [0.5, 0.6) is 11.5 Å². The SMILES string of the molecule is COc1ccc(CCNC(=O)c2ccccc2NC(=O)CN(c2cc(Cl)ccc2Cl)S(=O)(=O)c2ccccc2)cc1OC. The highest BCUT2D eigenvalue weighted by Gasteiger charge is 2.29. The summed E-state index contributed by atoms with van der Waals surface area (Å²) in [5.74, 6) is 0.0821. The van der Waals surface area contributed by atoms with Gasteiger partial charge in [0.05, 0.1) is 41.1 Å². The molecule has 12 heteroatoms. The molecular formula is C31H29Cl2N3O6S. The average molecular weight is 643 g/mol. The van der Waals surface area contributed by atoms with Gasteiger partial charge in [0, 0.05) is 11.6 Å². The van der Waals surface area contributed by atoms with Gasteiger partial charge in [-0.05, 0) is 66.6 Å². The molecule has 0 atom stereocenters. The number of carbonyl (C=O) groups excluding carboxylic acids is 2. The minimum Gasteiger partial charge on any atom is -0.493 e. The van der Waals surface area contributed by atoms with Crippen molar-refractivity contribution in [2.75, 3.05) is 36.9 Å². The standard InChI is InChI=1S/C31H29Cl2N3O6S/c1-41-28-15-12-21(18-29(28)42-2)16-17-34-31(38)24-10-6-7-11-26(24)35-30(37)20-36(27-19-22(32)13-14-25(27)33)43(39,40)23-8-4-3-5-9-23/h3-15,18-19H,16-17,20H2,1-2H3,(H,34,38)(H,35,37). The molecule has 4 aromatic rings. The first-order valence-corrected chi connectivity index (χ1v) is 15.2.